The van der Waals surface area contributed by atoms with E-state index in [0.29, 0.717) is 30.4 Å². The van der Waals surface area contributed by atoms with Gasteiger partial charge >= 0.3 is 5.97 Å². The number of nitrogens with one attached hydrogen (secondary N) is 6. The number of nitrogens with zero attached hydrogens (tertiary/aromatic N) is 2. The zero-order valence-electron chi connectivity index (χ0n) is 20.9. The predicted molar refractivity (Wildman–Crippen MR) is 136 cm³/mol. The van der Waals surface area contributed by atoms with E-state index < -0.39 is 27.6 Å². The van der Waals surface area contributed by atoms with Crippen LogP contribution in [-0.4, -0.2) is 65.8 Å². The van der Waals surface area contributed by atoms with Crippen LogP contribution in [0.1, 0.15) is 41.1 Å². The first-order valence-corrected chi connectivity index (χ1v) is 13.4. The second kappa shape index (κ2) is 11.3. The topological polar surface area (TPSA) is 203 Å². The molecule has 0 saturated carbocycles. The third kappa shape index (κ3) is 5.85. The molecule has 3 heterocycles. The van der Waals surface area contributed by atoms with E-state index in [4.69, 9.17) is 4.52 Å². The van der Waals surface area contributed by atoms with Crippen molar-refractivity contribution in [2.24, 2.45) is 0 Å². The number of fused-ring (bicyclic) bond motifs is 1. The average Bonchev–Trinajstić information content (AvgIpc) is 3.50. The van der Waals surface area contributed by atoms with Crippen LogP contribution in [0.25, 0.3) is 10.9 Å². The molecule has 0 radical (unpaired) electrons. The SMILES string of the molecule is Cc1noc(C)c1S(=O)(=O)NC(CCCCNC1NC=CCN1)(NC(=O)c1cccc2[nH]ncc12)C(=O)O. The highest BCUT2D eigenvalue weighted by Crippen LogP contribution is 2.24. The van der Waals surface area contributed by atoms with Gasteiger partial charge in [0.25, 0.3) is 5.91 Å². The van der Waals surface area contributed by atoms with Gasteiger partial charge in [-0.3, -0.25) is 20.5 Å². The van der Waals surface area contributed by atoms with Gasteiger partial charge in [-0.15, -0.1) is 0 Å². The van der Waals surface area contributed by atoms with Crippen molar-refractivity contribution in [2.45, 2.75) is 50.0 Å². The number of H-pyrrole nitrogens is 1. The van der Waals surface area contributed by atoms with Gasteiger partial charge < -0.3 is 20.3 Å². The highest BCUT2D eigenvalue weighted by Gasteiger charge is 2.45. The van der Waals surface area contributed by atoms with Gasteiger partial charge in [-0.1, -0.05) is 17.3 Å². The normalized spacial score (nSPS) is 17.2. The summed E-state index contributed by atoms with van der Waals surface area (Å²) in [5, 5.41) is 33.1. The lowest BCUT2D eigenvalue weighted by Gasteiger charge is -2.31. The van der Waals surface area contributed by atoms with E-state index in [0.717, 1.165) is 0 Å². The molecule has 2 aromatic heterocycles. The molecular formula is C23H30N8O6S. The molecular weight excluding hydrogens is 516 g/mol. The molecule has 0 aliphatic carbocycles. The first kappa shape index (κ1) is 27.3. The number of benzene rings is 1. The molecule has 204 valence electrons. The molecule has 38 heavy (non-hydrogen) atoms. The Labute approximate surface area is 218 Å². The number of carboxylic acid groups (broad SMARTS) is 1. The minimum atomic E-state index is -4.46. The lowest BCUT2D eigenvalue weighted by molar-refractivity contribution is -0.145. The van der Waals surface area contributed by atoms with E-state index in [2.05, 4.69) is 41.3 Å². The van der Waals surface area contributed by atoms with E-state index in [-0.39, 0.29) is 41.0 Å². The zero-order chi connectivity index (χ0) is 27.3. The summed E-state index contributed by atoms with van der Waals surface area (Å²) in [6.45, 7) is 4.04. The summed E-state index contributed by atoms with van der Waals surface area (Å²) in [5.74, 6) is -2.34. The molecule has 1 amide bonds. The monoisotopic (exact) mass is 546 g/mol. The summed E-state index contributed by atoms with van der Waals surface area (Å²) in [4.78, 5) is 25.8. The molecule has 3 aromatic rings. The Morgan fingerprint density at radius 1 is 1.26 bits per heavy atom. The number of aromatic nitrogens is 3. The molecule has 0 fully saturated rings. The number of rotatable bonds is 12. The van der Waals surface area contributed by atoms with Gasteiger partial charge in [0.2, 0.25) is 15.7 Å². The number of carbonyl (C=O) groups is 2. The van der Waals surface area contributed by atoms with Crippen molar-refractivity contribution >= 4 is 32.8 Å². The van der Waals surface area contributed by atoms with Gasteiger partial charge in [-0.2, -0.15) is 9.82 Å². The van der Waals surface area contributed by atoms with Gasteiger partial charge in [-0.25, -0.2) is 13.2 Å². The lowest BCUT2D eigenvalue weighted by atomic mass is 10.0. The first-order valence-electron chi connectivity index (χ1n) is 12.0. The van der Waals surface area contributed by atoms with E-state index >= 15 is 0 Å². The number of carbonyl (C=O) groups excluding carboxylic acids is 1. The highest BCUT2D eigenvalue weighted by molar-refractivity contribution is 7.89. The Balaban J connectivity index is 1.58. The molecule has 0 saturated heterocycles. The molecule has 0 bridgehead atoms. The van der Waals surface area contributed by atoms with E-state index in [1.807, 2.05) is 12.3 Å². The Morgan fingerprint density at radius 3 is 2.76 bits per heavy atom. The number of sulfonamides is 1. The molecule has 1 aliphatic rings. The largest absolute Gasteiger partial charge is 0.478 e. The smallest absolute Gasteiger partial charge is 0.345 e. The van der Waals surface area contributed by atoms with Crippen LogP contribution in [-0.2, 0) is 14.8 Å². The van der Waals surface area contributed by atoms with Crippen LogP contribution < -0.4 is 26.0 Å². The molecule has 7 N–H and O–H groups in total. The van der Waals surface area contributed by atoms with Gasteiger partial charge in [0.05, 0.1) is 17.3 Å². The molecule has 2 atom stereocenters. The summed E-state index contributed by atoms with van der Waals surface area (Å²) in [7, 11) is -4.46. The second-order valence-corrected chi connectivity index (χ2v) is 10.5. The number of unbranched alkanes of at least 4 members (excludes halogenated alkanes) is 1. The van der Waals surface area contributed by atoms with Crippen LogP contribution in [0.2, 0.25) is 0 Å². The average molecular weight is 547 g/mol. The molecule has 4 rings (SSSR count). The zero-order valence-corrected chi connectivity index (χ0v) is 21.7. The number of carboxylic acids is 1. The number of aliphatic carboxylic acids is 1. The number of aromatic amines is 1. The molecule has 0 spiro atoms. The maximum atomic E-state index is 13.4. The van der Waals surface area contributed by atoms with E-state index in [9.17, 15) is 23.1 Å². The summed E-state index contributed by atoms with van der Waals surface area (Å²) in [6, 6.07) is 4.83. The van der Waals surface area contributed by atoms with Crippen molar-refractivity contribution < 1.29 is 27.6 Å². The quantitative estimate of drug-likeness (QED) is 0.122. The van der Waals surface area contributed by atoms with Gasteiger partial charge in [0.1, 0.15) is 16.9 Å². The van der Waals surface area contributed by atoms with Crippen molar-refractivity contribution in [3.8, 4) is 0 Å². The van der Waals surface area contributed by atoms with Crippen molar-refractivity contribution in [3.05, 3.63) is 53.7 Å². The molecule has 14 nitrogen and oxygen atoms in total. The fourth-order valence-corrected chi connectivity index (χ4v) is 5.91. The summed E-state index contributed by atoms with van der Waals surface area (Å²) < 4.78 is 33.9. The molecule has 1 aromatic carbocycles. The van der Waals surface area contributed by atoms with Crippen LogP contribution in [0.15, 0.2) is 46.1 Å². The molecule has 15 heteroatoms. The Hall–Kier alpha value is -3.79. The van der Waals surface area contributed by atoms with Crippen LogP contribution in [0.5, 0.6) is 0 Å². The summed E-state index contributed by atoms with van der Waals surface area (Å²) in [5.41, 5.74) is -1.58. The standard InChI is InChI=1S/C23H30N8O6S/c1-14-19(15(2)37-30-14)38(35,36)31-23(21(33)34,9-3-4-10-24-22-25-11-6-12-26-22)28-20(32)16-7-5-8-18-17(16)13-27-29-18/h5-8,11,13,22,24-26,31H,3-4,9-10,12H2,1-2H3,(H,27,29)(H,28,32)(H,33,34). The molecule has 2 unspecified atom stereocenters. The third-order valence-corrected chi connectivity index (χ3v) is 7.85. The minimum absolute atomic E-state index is 0.00508. The van der Waals surface area contributed by atoms with Crippen LogP contribution in [0, 0.1) is 13.8 Å². The Kier molecular flexibility index (Phi) is 8.11. The van der Waals surface area contributed by atoms with Crippen molar-refractivity contribution in [1.82, 2.24) is 41.3 Å². The van der Waals surface area contributed by atoms with Crippen molar-refractivity contribution in [1.29, 1.82) is 0 Å². The third-order valence-electron chi connectivity index (χ3n) is 6.11. The summed E-state index contributed by atoms with van der Waals surface area (Å²) in [6.07, 6.45) is 5.58. The number of amides is 1. The number of hydrogen-bond donors (Lipinski definition) is 7. The van der Waals surface area contributed by atoms with E-state index in [1.54, 1.807) is 12.1 Å². The predicted octanol–water partition coefficient (Wildman–Crippen LogP) is 0.407. The first-order chi connectivity index (χ1) is 18.1. The van der Waals surface area contributed by atoms with Gasteiger partial charge in [0.15, 0.2) is 5.76 Å². The van der Waals surface area contributed by atoms with Crippen LogP contribution in [0.4, 0.5) is 0 Å². The fourth-order valence-electron chi connectivity index (χ4n) is 4.27. The Morgan fingerprint density at radius 2 is 2.08 bits per heavy atom. The van der Waals surface area contributed by atoms with Gasteiger partial charge in [-0.05, 0) is 58.0 Å². The number of aryl methyl sites for hydroxylation is 2. The molecule has 1 aliphatic heterocycles. The van der Waals surface area contributed by atoms with E-state index in [1.165, 1.54) is 26.1 Å². The summed E-state index contributed by atoms with van der Waals surface area (Å²) >= 11 is 0. The Bertz CT molecular complexity index is 1430. The van der Waals surface area contributed by atoms with Gasteiger partial charge in [0, 0.05) is 11.9 Å². The second-order valence-electron chi connectivity index (χ2n) is 8.88. The lowest BCUT2D eigenvalue weighted by Crippen LogP contribution is -2.65. The fraction of sp³-hybridized carbons (Fsp3) is 0.391. The maximum Gasteiger partial charge on any atom is 0.345 e. The minimum Gasteiger partial charge on any atom is -0.478 e. The highest BCUT2D eigenvalue weighted by atomic mass is 32.2. The van der Waals surface area contributed by atoms with Crippen molar-refractivity contribution in [3.63, 3.8) is 0 Å². The number of hydrogen-bond acceptors (Lipinski definition) is 10. The van der Waals surface area contributed by atoms with Crippen LogP contribution >= 0.6 is 0 Å². The van der Waals surface area contributed by atoms with Crippen LogP contribution in [0.3, 0.4) is 0 Å². The van der Waals surface area contributed by atoms with Crippen molar-refractivity contribution in [2.75, 3.05) is 13.1 Å². The maximum absolute atomic E-state index is 13.4.